The number of carbonyl (C=O) groups is 1. The first-order valence-corrected chi connectivity index (χ1v) is 8.78. The van der Waals surface area contributed by atoms with Crippen LogP contribution in [0, 0.1) is 12.8 Å². The van der Waals surface area contributed by atoms with Gasteiger partial charge in [0.15, 0.2) is 5.13 Å². The molecule has 3 N–H and O–H groups in total. The van der Waals surface area contributed by atoms with Gasteiger partial charge in [0.1, 0.15) is 0 Å². The molecule has 1 amide bonds. The van der Waals surface area contributed by atoms with Gasteiger partial charge in [-0.15, -0.1) is 11.3 Å². The van der Waals surface area contributed by atoms with Gasteiger partial charge in [-0.05, 0) is 38.4 Å². The minimum Gasteiger partial charge on any atom is -0.369 e. The molecule has 1 aromatic carbocycles. The van der Waals surface area contributed by atoms with Gasteiger partial charge in [-0.1, -0.05) is 17.7 Å². The minimum atomic E-state index is -0.185. The number of carbonyl (C=O) groups excluding carboxylic acids is 1. The molecule has 0 spiro atoms. The van der Waals surface area contributed by atoms with Crippen LogP contribution in [-0.2, 0) is 11.3 Å². The fraction of sp³-hybridized carbons (Fsp3) is 0.412. The monoisotopic (exact) mass is 330 g/mol. The summed E-state index contributed by atoms with van der Waals surface area (Å²) in [4.78, 5) is 18.3. The summed E-state index contributed by atoms with van der Waals surface area (Å²) in [7, 11) is 0. The molecule has 1 aliphatic rings. The van der Waals surface area contributed by atoms with E-state index < -0.39 is 0 Å². The summed E-state index contributed by atoms with van der Waals surface area (Å²) in [5.74, 6) is -0.206. The van der Waals surface area contributed by atoms with Crippen molar-refractivity contribution in [3.8, 4) is 0 Å². The van der Waals surface area contributed by atoms with Gasteiger partial charge in [-0.2, -0.15) is 0 Å². The Labute approximate surface area is 140 Å². The van der Waals surface area contributed by atoms with Crippen LogP contribution in [0.2, 0.25) is 0 Å². The molecular formula is C17H22N4OS. The van der Waals surface area contributed by atoms with Crippen LogP contribution >= 0.6 is 11.3 Å². The van der Waals surface area contributed by atoms with E-state index in [9.17, 15) is 4.79 Å². The second kappa shape index (κ2) is 7.10. The van der Waals surface area contributed by atoms with E-state index in [0.29, 0.717) is 0 Å². The van der Waals surface area contributed by atoms with Crippen molar-refractivity contribution in [3.63, 3.8) is 0 Å². The van der Waals surface area contributed by atoms with Gasteiger partial charge in [-0.25, -0.2) is 4.98 Å². The van der Waals surface area contributed by atoms with Crippen LogP contribution in [0.5, 0.6) is 0 Å². The predicted molar refractivity (Wildman–Crippen MR) is 93.8 cm³/mol. The number of piperidine rings is 1. The number of benzene rings is 1. The van der Waals surface area contributed by atoms with Gasteiger partial charge in [0.05, 0.1) is 11.6 Å². The van der Waals surface area contributed by atoms with Gasteiger partial charge in [0, 0.05) is 24.2 Å². The van der Waals surface area contributed by atoms with Gasteiger partial charge >= 0.3 is 0 Å². The third-order valence-electron chi connectivity index (χ3n) is 4.15. The molecule has 0 saturated carbocycles. The fourth-order valence-corrected chi connectivity index (χ4v) is 3.58. The first-order valence-electron chi connectivity index (χ1n) is 7.90. The molecule has 6 heteroatoms. The number of thiazole rings is 1. The number of hydrogen-bond acceptors (Lipinski definition) is 5. The summed E-state index contributed by atoms with van der Waals surface area (Å²) in [6.45, 7) is 4.59. The first kappa shape index (κ1) is 16.0. The Morgan fingerprint density at radius 2 is 2.22 bits per heavy atom. The van der Waals surface area contributed by atoms with Crippen molar-refractivity contribution in [2.45, 2.75) is 26.3 Å². The molecule has 0 unspecified atom stereocenters. The van der Waals surface area contributed by atoms with Gasteiger partial charge in [-0.3, -0.25) is 9.69 Å². The van der Waals surface area contributed by atoms with E-state index in [0.717, 1.165) is 49.0 Å². The summed E-state index contributed by atoms with van der Waals surface area (Å²) in [5, 5.41) is 6.30. The van der Waals surface area contributed by atoms with E-state index in [1.165, 1.54) is 5.56 Å². The Hall–Kier alpha value is -1.92. The highest BCUT2D eigenvalue weighted by Crippen LogP contribution is 2.23. The number of likely N-dealkylation sites (tertiary alicyclic amines) is 1. The number of aryl methyl sites for hydroxylation is 1. The zero-order chi connectivity index (χ0) is 16.2. The lowest BCUT2D eigenvalue weighted by Gasteiger charge is -2.30. The Balaban J connectivity index is 1.58. The smallest absolute Gasteiger partial charge is 0.221 e. The van der Waals surface area contributed by atoms with Crippen LogP contribution in [0.3, 0.4) is 0 Å². The maximum absolute atomic E-state index is 11.4. The molecule has 2 heterocycles. The number of amides is 1. The average molecular weight is 330 g/mol. The molecule has 1 fully saturated rings. The van der Waals surface area contributed by atoms with Crippen molar-refractivity contribution in [1.29, 1.82) is 0 Å². The summed E-state index contributed by atoms with van der Waals surface area (Å²) in [6, 6.07) is 8.26. The largest absolute Gasteiger partial charge is 0.369 e. The number of nitrogens with zero attached hydrogens (tertiary/aromatic N) is 2. The summed E-state index contributed by atoms with van der Waals surface area (Å²) in [6.07, 6.45) is 1.93. The fourth-order valence-electron chi connectivity index (χ4n) is 2.86. The Morgan fingerprint density at radius 3 is 2.96 bits per heavy atom. The van der Waals surface area contributed by atoms with Crippen molar-refractivity contribution in [1.82, 2.24) is 9.88 Å². The summed E-state index contributed by atoms with van der Waals surface area (Å²) in [5.41, 5.74) is 8.76. The van der Waals surface area contributed by atoms with Crippen molar-refractivity contribution in [2.75, 3.05) is 18.4 Å². The van der Waals surface area contributed by atoms with Crippen LogP contribution in [0.15, 0.2) is 29.6 Å². The molecule has 23 heavy (non-hydrogen) atoms. The molecule has 1 aliphatic heterocycles. The number of hydrogen-bond donors (Lipinski definition) is 2. The highest BCUT2D eigenvalue weighted by molar-refractivity contribution is 7.13. The molecule has 1 aromatic heterocycles. The van der Waals surface area contributed by atoms with Crippen LogP contribution in [0.25, 0.3) is 0 Å². The quantitative estimate of drug-likeness (QED) is 0.884. The zero-order valence-electron chi connectivity index (χ0n) is 13.3. The van der Waals surface area contributed by atoms with Crippen molar-refractivity contribution in [3.05, 3.63) is 40.9 Å². The molecule has 1 saturated heterocycles. The average Bonchev–Trinajstić information content (AvgIpc) is 2.97. The highest BCUT2D eigenvalue weighted by Gasteiger charge is 2.24. The van der Waals surface area contributed by atoms with E-state index >= 15 is 0 Å². The maximum atomic E-state index is 11.4. The number of primary amides is 1. The number of aromatic nitrogens is 1. The van der Waals surface area contributed by atoms with Crippen molar-refractivity contribution in [2.24, 2.45) is 11.7 Å². The van der Waals surface area contributed by atoms with Gasteiger partial charge in [0.2, 0.25) is 5.91 Å². The lowest BCUT2D eigenvalue weighted by atomic mass is 9.97. The molecule has 0 bridgehead atoms. The Kier molecular flexibility index (Phi) is 4.93. The Bertz CT molecular complexity index is 667. The molecule has 5 nitrogen and oxygen atoms in total. The van der Waals surface area contributed by atoms with Crippen molar-refractivity contribution < 1.29 is 4.79 Å². The van der Waals surface area contributed by atoms with E-state index in [1.807, 2.05) is 0 Å². The minimum absolute atomic E-state index is 0.0208. The van der Waals surface area contributed by atoms with E-state index in [4.69, 9.17) is 5.73 Å². The highest BCUT2D eigenvalue weighted by atomic mass is 32.1. The maximum Gasteiger partial charge on any atom is 0.221 e. The van der Waals surface area contributed by atoms with E-state index in [2.05, 4.69) is 51.8 Å². The standard InChI is InChI=1S/C17H22N4OS/c1-12-4-6-14(7-5-12)19-17-20-15(11-23-17)10-21-8-2-3-13(9-21)16(18)22/h4-7,11,13H,2-3,8-10H2,1H3,(H2,18,22)(H,19,20)/t13-/m1/s1. The number of nitrogens with one attached hydrogen (secondary N) is 1. The Morgan fingerprint density at radius 1 is 1.43 bits per heavy atom. The third kappa shape index (κ3) is 4.30. The third-order valence-corrected chi connectivity index (χ3v) is 4.95. The summed E-state index contributed by atoms with van der Waals surface area (Å²) >= 11 is 1.60. The number of nitrogens with two attached hydrogens (primary N) is 1. The van der Waals surface area contributed by atoms with E-state index in [-0.39, 0.29) is 11.8 Å². The molecule has 0 aliphatic carbocycles. The van der Waals surface area contributed by atoms with Gasteiger partial charge in [0.25, 0.3) is 0 Å². The number of rotatable bonds is 5. The molecule has 122 valence electrons. The lowest BCUT2D eigenvalue weighted by molar-refractivity contribution is -0.123. The second-order valence-corrected chi connectivity index (χ2v) is 6.97. The number of anilines is 2. The van der Waals surface area contributed by atoms with Crippen LogP contribution in [0.1, 0.15) is 24.1 Å². The lowest BCUT2D eigenvalue weighted by Crippen LogP contribution is -2.40. The SMILES string of the molecule is Cc1ccc(Nc2nc(CN3CCC[C@@H](C(N)=O)C3)cs2)cc1. The topological polar surface area (TPSA) is 71.2 Å². The van der Waals surface area contributed by atoms with Crippen molar-refractivity contribution >= 4 is 28.1 Å². The molecule has 2 aromatic rings. The molecule has 3 rings (SSSR count). The van der Waals surface area contributed by atoms with Gasteiger partial charge < -0.3 is 11.1 Å². The van der Waals surface area contributed by atoms with Crippen LogP contribution in [-0.4, -0.2) is 28.9 Å². The molecule has 1 atom stereocenters. The zero-order valence-corrected chi connectivity index (χ0v) is 14.1. The van der Waals surface area contributed by atoms with E-state index in [1.54, 1.807) is 11.3 Å². The molecular weight excluding hydrogens is 308 g/mol. The second-order valence-electron chi connectivity index (χ2n) is 6.11. The molecule has 0 radical (unpaired) electrons. The summed E-state index contributed by atoms with van der Waals surface area (Å²) < 4.78 is 0. The predicted octanol–water partition coefficient (Wildman–Crippen LogP) is 2.89. The van der Waals surface area contributed by atoms with Crippen LogP contribution in [0.4, 0.5) is 10.8 Å². The normalized spacial score (nSPS) is 18.7. The first-order chi connectivity index (χ1) is 11.1. The van der Waals surface area contributed by atoms with Crippen LogP contribution < -0.4 is 11.1 Å².